The van der Waals surface area contributed by atoms with E-state index in [-0.39, 0.29) is 34.0 Å². The number of rotatable bonds is 14. The molecule has 0 saturated carbocycles. The monoisotopic (exact) mass is 644 g/mol. The molecule has 10 nitrogen and oxygen atoms in total. The van der Waals surface area contributed by atoms with Crippen LogP contribution in [0.2, 0.25) is 0 Å². The molecule has 4 rings (SSSR count). The summed E-state index contributed by atoms with van der Waals surface area (Å²) in [6.45, 7) is 1.15. The van der Waals surface area contributed by atoms with E-state index in [1.807, 2.05) is 12.1 Å². The van der Waals surface area contributed by atoms with Crippen LogP contribution in [0.3, 0.4) is 0 Å². The Hall–Kier alpha value is -4.72. The van der Waals surface area contributed by atoms with Gasteiger partial charge in [-0.15, -0.1) is 0 Å². The van der Waals surface area contributed by atoms with Gasteiger partial charge in [0.2, 0.25) is 20.0 Å². The van der Waals surface area contributed by atoms with Crippen LogP contribution in [-0.4, -0.2) is 52.8 Å². The van der Waals surface area contributed by atoms with Gasteiger partial charge in [0.05, 0.1) is 46.3 Å². The van der Waals surface area contributed by atoms with Crippen molar-refractivity contribution in [3.05, 3.63) is 119 Å². The van der Waals surface area contributed by atoms with Gasteiger partial charge < -0.3 is 9.47 Å². The van der Waals surface area contributed by atoms with Crippen molar-refractivity contribution in [2.75, 3.05) is 27.3 Å². The van der Waals surface area contributed by atoms with Gasteiger partial charge >= 0.3 is 0 Å². The summed E-state index contributed by atoms with van der Waals surface area (Å²) in [6, 6.07) is 30.1. The van der Waals surface area contributed by atoms with Crippen LogP contribution in [0.5, 0.6) is 11.5 Å². The lowest BCUT2D eigenvalue weighted by Gasteiger charge is -2.18. The average molecular weight is 645 g/mol. The number of nitriles is 2. The van der Waals surface area contributed by atoms with Gasteiger partial charge in [0.15, 0.2) is 0 Å². The van der Waals surface area contributed by atoms with Crippen molar-refractivity contribution in [2.24, 2.45) is 0 Å². The van der Waals surface area contributed by atoms with E-state index in [4.69, 9.17) is 20.0 Å². The van der Waals surface area contributed by atoms with Gasteiger partial charge in [-0.25, -0.2) is 16.8 Å². The normalized spacial score (nSPS) is 11.6. The van der Waals surface area contributed by atoms with Gasteiger partial charge in [-0.1, -0.05) is 36.4 Å². The van der Waals surface area contributed by atoms with Crippen molar-refractivity contribution in [1.29, 1.82) is 10.5 Å². The van der Waals surface area contributed by atoms with E-state index in [9.17, 15) is 16.8 Å². The third-order valence-electron chi connectivity index (χ3n) is 6.83. The number of benzene rings is 4. The lowest BCUT2D eigenvalue weighted by Crippen LogP contribution is -2.26. The molecule has 0 saturated heterocycles. The SMILES string of the molecule is CN(Cc1ccc(OCCCOc2ccc(CN(C)S(=O)(=O)c3cccc(C#N)c3)cc2)cc1)S(=O)(=O)c1cccc(C#N)c1. The molecule has 4 aromatic carbocycles. The maximum Gasteiger partial charge on any atom is 0.243 e. The first-order valence-electron chi connectivity index (χ1n) is 13.9. The van der Waals surface area contributed by atoms with Crippen LogP contribution in [0, 0.1) is 22.7 Å². The molecule has 0 unspecified atom stereocenters. The first kappa shape index (κ1) is 33.2. The summed E-state index contributed by atoms with van der Waals surface area (Å²) < 4.78 is 65.6. The second-order valence-electron chi connectivity index (χ2n) is 10.1. The van der Waals surface area contributed by atoms with Crippen molar-refractivity contribution >= 4 is 20.0 Å². The molecule has 12 heteroatoms. The zero-order chi connectivity index (χ0) is 32.5. The second-order valence-corrected chi connectivity index (χ2v) is 14.2. The zero-order valence-electron chi connectivity index (χ0n) is 24.8. The van der Waals surface area contributed by atoms with Crippen LogP contribution in [-0.2, 0) is 33.1 Å². The summed E-state index contributed by atoms with van der Waals surface area (Å²) in [6.07, 6.45) is 0.620. The van der Waals surface area contributed by atoms with E-state index in [2.05, 4.69) is 0 Å². The van der Waals surface area contributed by atoms with Gasteiger partial charge in [0.1, 0.15) is 11.5 Å². The Morgan fingerprint density at radius 1 is 0.600 bits per heavy atom. The van der Waals surface area contributed by atoms with Crippen LogP contribution in [0.4, 0.5) is 0 Å². The largest absolute Gasteiger partial charge is 0.493 e. The number of sulfonamides is 2. The van der Waals surface area contributed by atoms with Crippen molar-refractivity contribution < 1.29 is 26.3 Å². The van der Waals surface area contributed by atoms with Crippen molar-refractivity contribution in [3.63, 3.8) is 0 Å². The molecule has 0 N–H and O–H groups in total. The highest BCUT2D eigenvalue weighted by atomic mass is 32.2. The van der Waals surface area contributed by atoms with Gasteiger partial charge in [-0.2, -0.15) is 19.1 Å². The molecule has 0 aromatic heterocycles. The summed E-state index contributed by atoms with van der Waals surface area (Å²) in [7, 11) is -4.51. The molecule has 0 atom stereocenters. The van der Waals surface area contributed by atoms with Gasteiger partial charge in [0, 0.05) is 33.6 Å². The van der Waals surface area contributed by atoms with E-state index < -0.39 is 20.0 Å². The maximum absolute atomic E-state index is 12.9. The predicted octanol–water partition coefficient (Wildman–Crippen LogP) is 4.92. The highest BCUT2D eigenvalue weighted by Gasteiger charge is 2.22. The minimum Gasteiger partial charge on any atom is -0.493 e. The van der Waals surface area contributed by atoms with E-state index in [1.165, 1.54) is 47.0 Å². The number of hydrogen-bond donors (Lipinski definition) is 0. The fourth-order valence-electron chi connectivity index (χ4n) is 4.32. The van der Waals surface area contributed by atoms with Crippen LogP contribution in [0.15, 0.2) is 107 Å². The third-order valence-corrected chi connectivity index (χ3v) is 10.4. The molecule has 45 heavy (non-hydrogen) atoms. The van der Waals surface area contributed by atoms with Crippen molar-refractivity contribution in [3.8, 4) is 23.6 Å². The number of hydrogen-bond acceptors (Lipinski definition) is 8. The minimum absolute atomic E-state index is 0.0701. The molecule has 0 heterocycles. The molecular weight excluding hydrogens is 613 g/mol. The first-order valence-corrected chi connectivity index (χ1v) is 16.8. The second kappa shape index (κ2) is 14.8. The van der Waals surface area contributed by atoms with E-state index in [1.54, 1.807) is 72.8 Å². The first-order chi connectivity index (χ1) is 21.5. The molecule has 0 aliphatic heterocycles. The van der Waals surface area contributed by atoms with Crippen LogP contribution in [0.25, 0.3) is 0 Å². The highest BCUT2D eigenvalue weighted by Crippen LogP contribution is 2.21. The van der Waals surface area contributed by atoms with E-state index in [0.29, 0.717) is 31.1 Å². The Labute approximate surface area is 264 Å². The fourth-order valence-corrected chi connectivity index (χ4v) is 6.73. The summed E-state index contributed by atoms with van der Waals surface area (Å²) in [4.78, 5) is 0.140. The Bertz CT molecular complexity index is 1770. The van der Waals surface area contributed by atoms with Crippen LogP contribution in [0.1, 0.15) is 28.7 Å². The average Bonchev–Trinajstić information content (AvgIpc) is 3.06. The van der Waals surface area contributed by atoms with Crippen LogP contribution < -0.4 is 9.47 Å². The summed E-state index contributed by atoms with van der Waals surface area (Å²) >= 11 is 0. The quantitative estimate of drug-likeness (QED) is 0.176. The van der Waals surface area contributed by atoms with Crippen molar-refractivity contribution in [1.82, 2.24) is 8.61 Å². The van der Waals surface area contributed by atoms with Crippen LogP contribution >= 0.6 is 0 Å². The summed E-state index contributed by atoms with van der Waals surface area (Å²) in [5.41, 5.74) is 2.14. The lowest BCUT2D eigenvalue weighted by atomic mass is 10.2. The smallest absolute Gasteiger partial charge is 0.243 e. The van der Waals surface area contributed by atoms with Gasteiger partial charge in [0.25, 0.3) is 0 Å². The Morgan fingerprint density at radius 2 is 0.978 bits per heavy atom. The third kappa shape index (κ3) is 8.69. The number of ether oxygens (including phenoxy) is 2. The highest BCUT2D eigenvalue weighted by molar-refractivity contribution is 7.89. The van der Waals surface area contributed by atoms with Gasteiger partial charge in [-0.05, 0) is 71.8 Å². The molecule has 0 radical (unpaired) electrons. The number of nitrogens with zero attached hydrogens (tertiary/aromatic N) is 4. The molecule has 4 aromatic rings. The molecule has 0 amide bonds. The van der Waals surface area contributed by atoms with E-state index >= 15 is 0 Å². The molecule has 232 valence electrons. The van der Waals surface area contributed by atoms with Crippen molar-refractivity contribution in [2.45, 2.75) is 29.3 Å². The Kier molecular flexibility index (Phi) is 10.9. The van der Waals surface area contributed by atoms with E-state index in [0.717, 1.165) is 11.1 Å². The zero-order valence-corrected chi connectivity index (χ0v) is 26.5. The molecular formula is C33H32N4O6S2. The molecule has 0 fully saturated rings. The molecule has 0 aliphatic rings. The fraction of sp³-hybridized carbons (Fsp3) is 0.212. The maximum atomic E-state index is 12.9. The summed E-state index contributed by atoms with van der Waals surface area (Å²) in [5, 5.41) is 18.1. The molecule has 0 spiro atoms. The molecule has 0 bridgehead atoms. The lowest BCUT2D eigenvalue weighted by molar-refractivity contribution is 0.247. The standard InChI is InChI=1S/C33H32N4O6S2/c1-36(44(38,39)32-8-3-6-28(20-32)22-34)24-26-10-14-30(15-11-26)42-18-5-19-43-31-16-12-27(13-17-31)25-37(2)45(40,41)33-9-4-7-29(21-33)23-35/h3-4,6-17,20-21H,5,18-19,24-25H2,1-2H3. The predicted molar refractivity (Wildman–Crippen MR) is 168 cm³/mol. The summed E-state index contributed by atoms with van der Waals surface area (Å²) in [5.74, 6) is 1.29. The Balaban J connectivity index is 1.20. The minimum atomic E-state index is -3.75. The topological polar surface area (TPSA) is 141 Å². The Morgan fingerprint density at radius 3 is 1.33 bits per heavy atom. The molecule has 0 aliphatic carbocycles. The van der Waals surface area contributed by atoms with Gasteiger partial charge in [-0.3, -0.25) is 0 Å².